The van der Waals surface area contributed by atoms with E-state index >= 15 is 0 Å². The van der Waals surface area contributed by atoms with Gasteiger partial charge in [0, 0.05) is 74.6 Å². The molecular formula is C37H34ClF3N12O4. The molecule has 57 heavy (non-hydrogen) atoms. The van der Waals surface area contributed by atoms with Crippen molar-refractivity contribution in [3.05, 3.63) is 131 Å². The lowest BCUT2D eigenvalue weighted by molar-refractivity contribution is -0.138. The van der Waals surface area contributed by atoms with Crippen molar-refractivity contribution in [1.29, 1.82) is 0 Å². The molecule has 2 aromatic carbocycles. The van der Waals surface area contributed by atoms with Crippen LogP contribution in [0.5, 0.6) is 0 Å². The molecule has 4 N–H and O–H groups in total. The van der Waals surface area contributed by atoms with Crippen molar-refractivity contribution >= 4 is 34.8 Å². The number of aromatic nitrogens is 8. The summed E-state index contributed by atoms with van der Waals surface area (Å²) in [6.45, 7) is 4.57. The molecule has 2 fully saturated rings. The predicted molar refractivity (Wildman–Crippen MR) is 200 cm³/mol. The average molecular weight is 803 g/mol. The minimum Gasteiger partial charge on any atom is -0.371 e. The SMILES string of the molecule is O=C(Nc1ccc([C@H]2CNCCO2)cc1)c1cnn(-c2ccnc(Cl)n2)c1.O=C(Nc1ccc([C@H]2CNCCO2)cc1)c1cnn(-c2ncc(C(F)(F)F)cn2)c1. The lowest BCUT2D eigenvalue weighted by atomic mass is 10.1. The van der Waals surface area contributed by atoms with Crippen LogP contribution in [0.15, 0.2) is 98.0 Å². The molecule has 0 spiro atoms. The Morgan fingerprint density at radius 2 is 1.23 bits per heavy atom. The van der Waals surface area contributed by atoms with Gasteiger partial charge in [-0.1, -0.05) is 24.3 Å². The number of halogens is 4. The molecule has 2 aliphatic rings. The summed E-state index contributed by atoms with van der Waals surface area (Å²) >= 11 is 5.78. The first-order chi connectivity index (χ1) is 27.6. The molecule has 0 unspecified atom stereocenters. The van der Waals surface area contributed by atoms with E-state index in [-0.39, 0.29) is 34.9 Å². The first kappa shape index (κ1) is 39.1. The highest BCUT2D eigenvalue weighted by Crippen LogP contribution is 2.28. The van der Waals surface area contributed by atoms with E-state index in [4.69, 9.17) is 21.1 Å². The molecule has 8 rings (SSSR count). The minimum absolute atomic E-state index is 0.0227. The standard InChI is InChI=1S/C19H17F3N6O2.C18H17ClN6O2/c20-19(21,22)14-8-24-18(25-9-14)28-11-13(7-26-28)17(29)27-15-3-1-12(2-4-15)16-10-23-5-6-30-16;19-18-21-6-5-16(24-18)25-11-13(9-22-25)17(26)23-14-3-1-12(2-4-14)15-10-20-7-8-27-15/h1-4,7-9,11,16,23H,5-6,10H2,(H,27,29);1-6,9,11,15,20H,7-8,10H2,(H,23,26)/t16-;15-/m11/s1. The van der Waals surface area contributed by atoms with E-state index in [0.29, 0.717) is 48.4 Å². The van der Waals surface area contributed by atoms with E-state index < -0.39 is 17.6 Å². The molecule has 16 nitrogen and oxygen atoms in total. The molecule has 4 aromatic heterocycles. The summed E-state index contributed by atoms with van der Waals surface area (Å²) in [5.74, 6) is -0.270. The number of nitrogens with one attached hydrogen (secondary N) is 4. The largest absolute Gasteiger partial charge is 0.419 e. The number of carbonyl (C=O) groups is 2. The van der Waals surface area contributed by atoms with Gasteiger partial charge >= 0.3 is 6.18 Å². The van der Waals surface area contributed by atoms with Gasteiger partial charge in [-0.05, 0) is 47.0 Å². The number of morpholine rings is 2. The van der Waals surface area contributed by atoms with Gasteiger partial charge in [0.15, 0.2) is 5.82 Å². The summed E-state index contributed by atoms with van der Waals surface area (Å²) in [5, 5.41) is 20.4. The molecule has 20 heteroatoms. The predicted octanol–water partition coefficient (Wildman–Crippen LogP) is 4.82. The monoisotopic (exact) mass is 802 g/mol. The van der Waals surface area contributed by atoms with Gasteiger partial charge in [-0.15, -0.1) is 0 Å². The Bertz CT molecular complexity index is 2280. The second-order valence-corrected chi connectivity index (χ2v) is 12.9. The van der Waals surface area contributed by atoms with Crippen molar-refractivity contribution in [3.8, 4) is 11.8 Å². The maximum atomic E-state index is 12.6. The Kier molecular flexibility index (Phi) is 12.2. The third-order valence-electron chi connectivity index (χ3n) is 8.64. The van der Waals surface area contributed by atoms with Crippen LogP contribution >= 0.6 is 11.6 Å². The highest BCUT2D eigenvalue weighted by molar-refractivity contribution is 6.28. The van der Waals surface area contributed by atoms with E-state index in [1.165, 1.54) is 29.5 Å². The van der Waals surface area contributed by atoms with E-state index in [1.54, 1.807) is 24.4 Å². The average Bonchev–Trinajstić information content (AvgIpc) is 3.94. The molecule has 2 saturated heterocycles. The number of alkyl halides is 3. The Morgan fingerprint density at radius 1 is 0.719 bits per heavy atom. The van der Waals surface area contributed by atoms with Gasteiger partial charge in [0.05, 0.1) is 54.5 Å². The van der Waals surface area contributed by atoms with Crippen LogP contribution in [0.1, 0.15) is 49.6 Å². The summed E-state index contributed by atoms with van der Waals surface area (Å²) in [6, 6.07) is 16.6. The van der Waals surface area contributed by atoms with E-state index in [9.17, 15) is 22.8 Å². The number of hydrogen-bond donors (Lipinski definition) is 4. The fourth-order valence-corrected chi connectivity index (χ4v) is 5.83. The van der Waals surface area contributed by atoms with Gasteiger partial charge in [0.25, 0.3) is 11.8 Å². The minimum atomic E-state index is -4.52. The molecule has 6 heterocycles. The van der Waals surface area contributed by atoms with E-state index in [0.717, 1.165) is 42.0 Å². The number of rotatable bonds is 8. The van der Waals surface area contributed by atoms with Gasteiger partial charge in [-0.3, -0.25) is 9.59 Å². The Morgan fingerprint density at radius 3 is 1.70 bits per heavy atom. The molecular weight excluding hydrogens is 769 g/mol. The lowest BCUT2D eigenvalue weighted by Crippen LogP contribution is -2.33. The van der Waals surface area contributed by atoms with Crippen LogP contribution in [0.25, 0.3) is 11.8 Å². The lowest BCUT2D eigenvalue weighted by Gasteiger charge is -2.24. The molecule has 6 aromatic rings. The molecule has 0 saturated carbocycles. The van der Waals surface area contributed by atoms with Crippen LogP contribution in [-0.4, -0.2) is 90.7 Å². The molecule has 294 valence electrons. The summed E-state index contributed by atoms with van der Waals surface area (Å²) in [7, 11) is 0. The molecule has 2 aliphatic heterocycles. The van der Waals surface area contributed by atoms with Crippen molar-refractivity contribution in [3.63, 3.8) is 0 Å². The number of anilines is 2. The van der Waals surface area contributed by atoms with Crippen LogP contribution in [0.4, 0.5) is 24.5 Å². The summed E-state index contributed by atoms with van der Waals surface area (Å²) in [4.78, 5) is 40.1. The number of carbonyl (C=O) groups excluding carboxylic acids is 2. The second-order valence-electron chi connectivity index (χ2n) is 12.6. The molecule has 0 radical (unpaired) electrons. The number of amides is 2. The first-order valence-corrected chi connectivity index (χ1v) is 17.9. The van der Waals surface area contributed by atoms with Crippen LogP contribution in [0.2, 0.25) is 5.28 Å². The maximum absolute atomic E-state index is 12.6. The van der Waals surface area contributed by atoms with Crippen molar-refractivity contribution in [2.45, 2.75) is 18.4 Å². The zero-order chi connectivity index (χ0) is 39.8. The first-order valence-electron chi connectivity index (χ1n) is 17.5. The van der Waals surface area contributed by atoms with E-state index in [2.05, 4.69) is 51.4 Å². The summed E-state index contributed by atoms with van der Waals surface area (Å²) in [5.41, 5.74) is 3.03. The van der Waals surface area contributed by atoms with Crippen molar-refractivity contribution < 1.29 is 32.2 Å². The third-order valence-corrected chi connectivity index (χ3v) is 8.82. The quantitative estimate of drug-likeness (QED) is 0.154. The summed E-state index contributed by atoms with van der Waals surface area (Å²) in [6.07, 6.45) is 4.04. The topological polar surface area (TPSA) is 188 Å². The van der Waals surface area contributed by atoms with Gasteiger partial charge in [-0.2, -0.15) is 28.4 Å². The van der Waals surface area contributed by atoms with Gasteiger partial charge < -0.3 is 30.7 Å². The van der Waals surface area contributed by atoms with Crippen molar-refractivity contribution in [1.82, 2.24) is 50.1 Å². The van der Waals surface area contributed by atoms with Crippen molar-refractivity contribution in [2.24, 2.45) is 0 Å². The zero-order valence-electron chi connectivity index (χ0n) is 29.9. The molecule has 0 aliphatic carbocycles. The number of benzene rings is 2. The Hall–Kier alpha value is -6.12. The highest BCUT2D eigenvalue weighted by atomic mass is 35.5. The van der Waals surface area contributed by atoms with E-state index in [1.807, 2.05) is 36.4 Å². The Labute approximate surface area is 327 Å². The number of ether oxygens (including phenoxy) is 2. The van der Waals surface area contributed by atoms with Crippen LogP contribution in [0.3, 0.4) is 0 Å². The molecule has 2 amide bonds. The van der Waals surface area contributed by atoms with Crippen LogP contribution in [-0.2, 0) is 15.7 Å². The van der Waals surface area contributed by atoms with Crippen LogP contribution in [0, 0.1) is 0 Å². The molecule has 2 atom stereocenters. The summed E-state index contributed by atoms with van der Waals surface area (Å²) < 4.78 is 51.8. The van der Waals surface area contributed by atoms with Crippen LogP contribution < -0.4 is 21.3 Å². The Balaban J connectivity index is 0.000000175. The zero-order valence-corrected chi connectivity index (χ0v) is 30.6. The third kappa shape index (κ3) is 10.2. The van der Waals surface area contributed by atoms with Gasteiger partial charge in [0.2, 0.25) is 11.2 Å². The fourth-order valence-electron chi connectivity index (χ4n) is 5.68. The fraction of sp³-hybridized carbons (Fsp3) is 0.243. The van der Waals surface area contributed by atoms with Crippen molar-refractivity contribution in [2.75, 3.05) is 50.0 Å². The number of nitrogens with zero attached hydrogens (tertiary/aromatic N) is 8. The highest BCUT2D eigenvalue weighted by Gasteiger charge is 2.31. The second kappa shape index (κ2) is 17.8. The normalized spacial score (nSPS) is 16.9. The van der Waals surface area contributed by atoms with Gasteiger partial charge in [0.1, 0.15) is 0 Å². The van der Waals surface area contributed by atoms with Gasteiger partial charge in [-0.25, -0.2) is 24.3 Å². The maximum Gasteiger partial charge on any atom is 0.419 e. The number of hydrogen-bond acceptors (Lipinski definition) is 12. The molecule has 0 bridgehead atoms. The smallest absolute Gasteiger partial charge is 0.371 e.